The first-order valence-electron chi connectivity index (χ1n) is 9.57. The summed E-state index contributed by atoms with van der Waals surface area (Å²) in [6.07, 6.45) is 14.1. The van der Waals surface area contributed by atoms with E-state index in [1.165, 1.54) is 42.4 Å². The van der Waals surface area contributed by atoms with Crippen molar-refractivity contribution in [2.45, 2.75) is 64.3 Å². The summed E-state index contributed by atoms with van der Waals surface area (Å²) in [5.74, 6) is 0.946. The van der Waals surface area contributed by atoms with Crippen molar-refractivity contribution in [2.24, 2.45) is 5.73 Å². The minimum absolute atomic E-state index is 0.0252. The molecule has 3 heteroatoms. The second-order valence-electron chi connectivity index (χ2n) is 7.39. The van der Waals surface area contributed by atoms with Crippen LogP contribution in [-0.2, 0) is 6.42 Å². The van der Waals surface area contributed by atoms with Gasteiger partial charge in [-0.25, -0.2) is 0 Å². The first-order valence-corrected chi connectivity index (χ1v) is 9.57. The van der Waals surface area contributed by atoms with E-state index in [1.54, 1.807) is 0 Å². The molecule has 1 atom stereocenters. The Labute approximate surface area is 152 Å². The average molecular weight is 344 g/mol. The predicted molar refractivity (Wildman–Crippen MR) is 106 cm³/mol. The monoisotopic (exact) mass is 343 g/mol. The summed E-state index contributed by atoms with van der Waals surface area (Å²) in [5, 5.41) is 9.47. The minimum atomic E-state index is -0.602. The lowest BCUT2D eigenvalue weighted by atomic mass is 9.88. The Kier molecular flexibility index (Phi) is 7.73. The molecule has 1 aliphatic carbocycles. The van der Waals surface area contributed by atoms with Crippen LogP contribution in [0, 0.1) is 0 Å². The number of hydrogen-bond donors (Lipinski definition) is 2. The number of aliphatic hydroxyl groups is 1. The molecular formula is C22H33NO2. The highest BCUT2D eigenvalue weighted by molar-refractivity contribution is 5.72. The summed E-state index contributed by atoms with van der Waals surface area (Å²) in [6, 6.07) is 6.34. The van der Waals surface area contributed by atoms with Crippen LogP contribution < -0.4 is 10.5 Å². The van der Waals surface area contributed by atoms with E-state index in [0.717, 1.165) is 25.2 Å². The van der Waals surface area contributed by atoms with Gasteiger partial charge in [0.25, 0.3) is 0 Å². The molecule has 0 spiro atoms. The highest BCUT2D eigenvalue weighted by Gasteiger charge is 2.21. The third-order valence-electron chi connectivity index (χ3n) is 4.67. The van der Waals surface area contributed by atoms with Crippen LogP contribution >= 0.6 is 0 Å². The quantitative estimate of drug-likeness (QED) is 0.609. The maximum atomic E-state index is 9.47. The van der Waals surface area contributed by atoms with Gasteiger partial charge in [-0.05, 0) is 55.0 Å². The topological polar surface area (TPSA) is 55.5 Å². The molecule has 0 saturated heterocycles. The van der Waals surface area contributed by atoms with Gasteiger partial charge in [0, 0.05) is 5.54 Å². The molecule has 0 radical (unpaired) electrons. The molecule has 25 heavy (non-hydrogen) atoms. The van der Waals surface area contributed by atoms with E-state index in [9.17, 15) is 5.11 Å². The SMILES string of the molecule is CCCCCCCOc1ccc2c(c1)CC=CC=C2CC(C)(N)CO. The lowest BCUT2D eigenvalue weighted by Crippen LogP contribution is -2.40. The minimum Gasteiger partial charge on any atom is -0.494 e. The van der Waals surface area contributed by atoms with Crippen LogP contribution in [0.4, 0.5) is 0 Å². The molecule has 1 unspecified atom stereocenters. The fraction of sp³-hybridized carbons (Fsp3) is 0.545. The maximum Gasteiger partial charge on any atom is 0.119 e. The van der Waals surface area contributed by atoms with Crippen molar-refractivity contribution in [1.82, 2.24) is 0 Å². The second kappa shape index (κ2) is 9.79. The van der Waals surface area contributed by atoms with Gasteiger partial charge in [0.15, 0.2) is 0 Å². The Morgan fingerprint density at radius 2 is 2.00 bits per heavy atom. The summed E-state index contributed by atoms with van der Waals surface area (Å²) in [4.78, 5) is 0. The number of nitrogens with two attached hydrogens (primary N) is 1. The molecular weight excluding hydrogens is 310 g/mol. The average Bonchev–Trinajstić information content (AvgIpc) is 2.79. The number of hydrogen-bond acceptors (Lipinski definition) is 3. The van der Waals surface area contributed by atoms with E-state index in [4.69, 9.17) is 10.5 Å². The number of aliphatic hydroxyl groups excluding tert-OH is 1. The maximum absolute atomic E-state index is 9.47. The molecule has 0 heterocycles. The normalized spacial score (nSPS) is 15.9. The van der Waals surface area contributed by atoms with E-state index in [1.807, 2.05) is 6.92 Å². The largest absolute Gasteiger partial charge is 0.494 e. The van der Waals surface area contributed by atoms with E-state index in [2.05, 4.69) is 43.4 Å². The zero-order chi connectivity index (χ0) is 18.1. The van der Waals surface area contributed by atoms with Crippen LogP contribution in [0.15, 0.2) is 36.4 Å². The summed E-state index contributed by atoms with van der Waals surface area (Å²) in [6.45, 7) is 4.88. The molecule has 0 fully saturated rings. The third kappa shape index (κ3) is 6.33. The molecule has 0 saturated carbocycles. The summed E-state index contributed by atoms with van der Waals surface area (Å²) < 4.78 is 5.94. The van der Waals surface area contributed by atoms with Gasteiger partial charge in [-0.3, -0.25) is 0 Å². The highest BCUT2D eigenvalue weighted by Crippen LogP contribution is 2.31. The Hall–Kier alpha value is -1.58. The van der Waals surface area contributed by atoms with E-state index in [-0.39, 0.29) is 6.61 Å². The summed E-state index contributed by atoms with van der Waals surface area (Å²) in [7, 11) is 0. The van der Waals surface area contributed by atoms with Gasteiger partial charge >= 0.3 is 0 Å². The molecule has 0 bridgehead atoms. The van der Waals surface area contributed by atoms with Gasteiger partial charge in [-0.2, -0.15) is 0 Å². The van der Waals surface area contributed by atoms with Crippen molar-refractivity contribution < 1.29 is 9.84 Å². The van der Waals surface area contributed by atoms with Crippen molar-refractivity contribution in [2.75, 3.05) is 13.2 Å². The van der Waals surface area contributed by atoms with Crippen molar-refractivity contribution >= 4 is 5.57 Å². The van der Waals surface area contributed by atoms with Crippen LogP contribution in [0.3, 0.4) is 0 Å². The Bertz CT molecular complexity index is 602. The van der Waals surface area contributed by atoms with Crippen molar-refractivity contribution in [3.8, 4) is 5.75 Å². The first kappa shape index (κ1) is 19.7. The predicted octanol–water partition coefficient (Wildman–Crippen LogP) is 4.63. The van der Waals surface area contributed by atoms with Crippen molar-refractivity contribution in [3.05, 3.63) is 47.6 Å². The number of benzene rings is 1. The molecule has 0 aliphatic heterocycles. The van der Waals surface area contributed by atoms with Crippen LogP contribution in [0.1, 0.15) is 63.5 Å². The summed E-state index contributed by atoms with van der Waals surface area (Å²) >= 11 is 0. The first-order chi connectivity index (χ1) is 12.1. The second-order valence-corrected chi connectivity index (χ2v) is 7.39. The number of unbranched alkanes of at least 4 members (excludes halogenated alkanes) is 4. The van der Waals surface area contributed by atoms with E-state index < -0.39 is 5.54 Å². The Morgan fingerprint density at radius 1 is 1.20 bits per heavy atom. The van der Waals surface area contributed by atoms with Gasteiger partial charge < -0.3 is 15.6 Å². The third-order valence-corrected chi connectivity index (χ3v) is 4.67. The van der Waals surface area contributed by atoms with Crippen LogP contribution in [-0.4, -0.2) is 23.9 Å². The number of rotatable bonds is 10. The molecule has 2 rings (SSSR count). The fourth-order valence-corrected chi connectivity index (χ4v) is 3.15. The Balaban J connectivity index is 2.00. The van der Waals surface area contributed by atoms with E-state index >= 15 is 0 Å². The molecule has 3 N–H and O–H groups in total. The molecule has 138 valence electrons. The fourth-order valence-electron chi connectivity index (χ4n) is 3.15. The zero-order valence-corrected chi connectivity index (χ0v) is 15.8. The van der Waals surface area contributed by atoms with Gasteiger partial charge in [0.2, 0.25) is 0 Å². The highest BCUT2D eigenvalue weighted by atomic mass is 16.5. The smallest absolute Gasteiger partial charge is 0.119 e. The number of allylic oxidation sites excluding steroid dienone is 3. The molecule has 1 aliphatic rings. The lowest BCUT2D eigenvalue weighted by Gasteiger charge is -2.24. The molecule has 0 amide bonds. The van der Waals surface area contributed by atoms with Gasteiger partial charge in [-0.15, -0.1) is 0 Å². The standard InChI is InChI=1S/C22H33NO2/c1-3-4-5-6-9-14-25-20-12-13-21-18(15-20)10-7-8-11-19(21)16-22(2,23)17-24/h7-8,11-13,15,24H,3-6,9-10,14,16-17,23H2,1-2H3. The molecule has 3 nitrogen and oxygen atoms in total. The summed E-state index contributed by atoms with van der Waals surface area (Å²) in [5.41, 5.74) is 9.21. The van der Waals surface area contributed by atoms with Gasteiger partial charge in [0.1, 0.15) is 5.75 Å². The zero-order valence-electron chi connectivity index (χ0n) is 15.8. The number of ether oxygens (including phenoxy) is 1. The van der Waals surface area contributed by atoms with E-state index in [0.29, 0.717) is 6.42 Å². The number of fused-ring (bicyclic) bond motifs is 1. The van der Waals surface area contributed by atoms with Crippen molar-refractivity contribution in [3.63, 3.8) is 0 Å². The van der Waals surface area contributed by atoms with Gasteiger partial charge in [0.05, 0.1) is 13.2 Å². The molecule has 0 aromatic heterocycles. The van der Waals surface area contributed by atoms with Crippen LogP contribution in [0.2, 0.25) is 0 Å². The van der Waals surface area contributed by atoms with Crippen LogP contribution in [0.25, 0.3) is 5.57 Å². The Morgan fingerprint density at radius 3 is 2.76 bits per heavy atom. The molecule has 1 aromatic rings. The van der Waals surface area contributed by atoms with Crippen LogP contribution in [0.5, 0.6) is 5.75 Å². The van der Waals surface area contributed by atoms with Crippen molar-refractivity contribution in [1.29, 1.82) is 0 Å². The van der Waals surface area contributed by atoms with Gasteiger partial charge in [-0.1, -0.05) is 56.9 Å². The molecule has 1 aromatic carbocycles. The lowest BCUT2D eigenvalue weighted by molar-refractivity contribution is 0.212.